The highest BCUT2D eigenvalue weighted by Crippen LogP contribution is 2.16. The molecule has 0 saturated carbocycles. The molecule has 0 aliphatic carbocycles. The second-order valence-electron chi connectivity index (χ2n) is 3.53. The van der Waals surface area contributed by atoms with Gasteiger partial charge in [-0.1, -0.05) is 5.21 Å². The van der Waals surface area contributed by atoms with Crippen LogP contribution in [0.5, 0.6) is 0 Å². The van der Waals surface area contributed by atoms with Crippen LogP contribution in [0.25, 0.3) is 0 Å². The summed E-state index contributed by atoms with van der Waals surface area (Å²) in [6.45, 7) is 2.19. The van der Waals surface area contributed by atoms with E-state index in [0.717, 1.165) is 24.5 Å². The number of aliphatic imine (C=N–C) groups is 1. The lowest BCUT2D eigenvalue weighted by Gasteiger charge is -2.02. The van der Waals surface area contributed by atoms with Crippen molar-refractivity contribution in [1.29, 1.82) is 0 Å². The highest BCUT2D eigenvalue weighted by molar-refractivity contribution is 5.78. The molecule has 0 radical (unpaired) electrons. The Kier molecular flexibility index (Phi) is 2.13. The van der Waals surface area contributed by atoms with Crippen molar-refractivity contribution in [3.05, 3.63) is 24.3 Å². The number of hydrogen-bond donors (Lipinski definition) is 1. The van der Waals surface area contributed by atoms with E-state index in [4.69, 9.17) is 0 Å². The van der Waals surface area contributed by atoms with Gasteiger partial charge in [0.1, 0.15) is 5.69 Å². The van der Waals surface area contributed by atoms with Crippen molar-refractivity contribution in [2.45, 2.75) is 19.6 Å². The van der Waals surface area contributed by atoms with Crippen LogP contribution < -0.4 is 5.32 Å². The van der Waals surface area contributed by atoms with Crippen LogP contribution in [-0.4, -0.2) is 31.1 Å². The predicted molar refractivity (Wildman–Crippen MR) is 58.1 cm³/mol. The Morgan fingerprint density at radius 1 is 1.31 bits per heavy atom. The van der Waals surface area contributed by atoms with Gasteiger partial charge in [0.05, 0.1) is 37.9 Å². The van der Waals surface area contributed by atoms with Crippen LogP contribution >= 0.6 is 0 Å². The molecule has 0 bridgehead atoms. The van der Waals surface area contributed by atoms with E-state index in [9.17, 15) is 0 Å². The van der Waals surface area contributed by atoms with Crippen molar-refractivity contribution >= 4 is 12.0 Å². The Hall–Kier alpha value is -2.18. The van der Waals surface area contributed by atoms with Crippen LogP contribution in [0.2, 0.25) is 0 Å². The molecule has 82 valence electrons. The molecule has 1 N–H and O–H groups in total. The fourth-order valence-electron chi connectivity index (χ4n) is 1.62. The number of aryl methyl sites for hydroxylation is 2. The van der Waals surface area contributed by atoms with Crippen molar-refractivity contribution in [2.24, 2.45) is 4.99 Å². The van der Waals surface area contributed by atoms with Gasteiger partial charge >= 0.3 is 0 Å². The molecule has 2 aromatic rings. The molecular formula is C9H11N7. The molecule has 7 nitrogen and oxygen atoms in total. The SMILES string of the molecule is C1=NCc2nn(CCn3ccnn3)cc2N1. The van der Waals surface area contributed by atoms with Crippen LogP contribution in [-0.2, 0) is 19.6 Å². The van der Waals surface area contributed by atoms with E-state index >= 15 is 0 Å². The molecule has 0 amide bonds. The third-order valence-corrected chi connectivity index (χ3v) is 2.42. The smallest absolute Gasteiger partial charge is 0.107 e. The molecule has 16 heavy (non-hydrogen) atoms. The molecule has 1 aliphatic rings. The van der Waals surface area contributed by atoms with Gasteiger partial charge in [-0.3, -0.25) is 14.4 Å². The summed E-state index contributed by atoms with van der Waals surface area (Å²) in [6.07, 6.45) is 7.19. The van der Waals surface area contributed by atoms with E-state index in [1.54, 1.807) is 17.2 Å². The minimum absolute atomic E-state index is 0.651. The first-order chi connectivity index (χ1) is 7.92. The van der Waals surface area contributed by atoms with Crippen molar-refractivity contribution in [3.63, 3.8) is 0 Å². The Balaban J connectivity index is 1.69. The van der Waals surface area contributed by atoms with Crippen LogP contribution in [0.4, 0.5) is 5.69 Å². The summed E-state index contributed by atoms with van der Waals surface area (Å²) in [5.74, 6) is 0. The number of hydrogen-bond acceptors (Lipinski definition) is 5. The van der Waals surface area contributed by atoms with E-state index in [1.807, 2.05) is 17.1 Å². The van der Waals surface area contributed by atoms with Gasteiger partial charge in [-0.15, -0.1) is 5.10 Å². The summed E-state index contributed by atoms with van der Waals surface area (Å²) in [7, 11) is 0. The molecule has 3 rings (SSSR count). The third kappa shape index (κ3) is 1.67. The normalized spacial score (nSPS) is 13.5. The topological polar surface area (TPSA) is 72.9 Å². The van der Waals surface area contributed by atoms with Gasteiger partial charge in [-0.05, 0) is 0 Å². The molecule has 0 fully saturated rings. The summed E-state index contributed by atoms with van der Waals surface area (Å²) in [5, 5.41) is 15.1. The molecule has 2 aromatic heterocycles. The zero-order valence-electron chi connectivity index (χ0n) is 8.61. The van der Waals surface area contributed by atoms with E-state index in [-0.39, 0.29) is 0 Å². The lowest BCUT2D eigenvalue weighted by Crippen LogP contribution is -2.08. The van der Waals surface area contributed by atoms with Crippen LogP contribution in [0.1, 0.15) is 5.69 Å². The van der Waals surface area contributed by atoms with Crippen LogP contribution in [0.3, 0.4) is 0 Å². The van der Waals surface area contributed by atoms with E-state index < -0.39 is 0 Å². The maximum Gasteiger partial charge on any atom is 0.107 e. The number of nitrogens with one attached hydrogen (secondary N) is 1. The number of fused-ring (bicyclic) bond motifs is 1. The minimum atomic E-state index is 0.651. The standard InChI is InChI=1S/C9H11N7/c1-2-15(14-12-1)3-4-16-6-9-8(13-16)5-10-7-11-9/h1-2,6-7H,3-5H2,(H,10,11). The van der Waals surface area contributed by atoms with Gasteiger partial charge in [-0.25, -0.2) is 0 Å². The second kappa shape index (κ2) is 3.76. The zero-order valence-corrected chi connectivity index (χ0v) is 8.61. The second-order valence-corrected chi connectivity index (χ2v) is 3.53. The van der Waals surface area contributed by atoms with E-state index in [1.165, 1.54) is 0 Å². The maximum atomic E-state index is 4.43. The maximum absolute atomic E-state index is 4.43. The first kappa shape index (κ1) is 9.08. The minimum Gasteiger partial charge on any atom is -0.344 e. The molecular weight excluding hydrogens is 206 g/mol. The van der Waals surface area contributed by atoms with E-state index in [2.05, 4.69) is 25.7 Å². The van der Waals surface area contributed by atoms with Crippen molar-refractivity contribution in [1.82, 2.24) is 24.8 Å². The first-order valence-corrected chi connectivity index (χ1v) is 5.07. The van der Waals surface area contributed by atoms with Crippen LogP contribution in [0.15, 0.2) is 23.6 Å². The van der Waals surface area contributed by atoms with Gasteiger partial charge in [0.25, 0.3) is 0 Å². The third-order valence-electron chi connectivity index (χ3n) is 2.42. The summed E-state index contributed by atoms with van der Waals surface area (Å²) >= 11 is 0. The number of nitrogens with zero attached hydrogens (tertiary/aromatic N) is 6. The van der Waals surface area contributed by atoms with Crippen molar-refractivity contribution in [3.8, 4) is 0 Å². The average Bonchev–Trinajstić information content (AvgIpc) is 2.95. The van der Waals surface area contributed by atoms with Gasteiger partial charge in [0.2, 0.25) is 0 Å². The molecule has 7 heteroatoms. The fraction of sp³-hybridized carbons (Fsp3) is 0.333. The van der Waals surface area contributed by atoms with Crippen molar-refractivity contribution in [2.75, 3.05) is 5.32 Å². The van der Waals surface area contributed by atoms with E-state index in [0.29, 0.717) is 6.54 Å². The Morgan fingerprint density at radius 3 is 3.06 bits per heavy atom. The Morgan fingerprint density at radius 2 is 2.25 bits per heavy atom. The highest BCUT2D eigenvalue weighted by atomic mass is 15.4. The molecule has 0 aromatic carbocycles. The van der Waals surface area contributed by atoms with Gasteiger partial charge in [0.15, 0.2) is 0 Å². The molecule has 0 saturated heterocycles. The van der Waals surface area contributed by atoms with Crippen molar-refractivity contribution < 1.29 is 0 Å². The molecule has 0 unspecified atom stereocenters. The highest BCUT2D eigenvalue weighted by Gasteiger charge is 2.10. The van der Waals surface area contributed by atoms with Gasteiger partial charge in [-0.2, -0.15) is 5.10 Å². The number of anilines is 1. The summed E-state index contributed by atoms with van der Waals surface area (Å²) < 4.78 is 3.68. The van der Waals surface area contributed by atoms with Crippen LogP contribution in [0, 0.1) is 0 Å². The monoisotopic (exact) mass is 217 g/mol. The molecule has 1 aliphatic heterocycles. The quantitative estimate of drug-likeness (QED) is 0.793. The molecule has 3 heterocycles. The Bertz CT molecular complexity index is 470. The number of rotatable bonds is 3. The summed E-state index contributed by atoms with van der Waals surface area (Å²) in [4.78, 5) is 4.10. The fourth-order valence-corrected chi connectivity index (χ4v) is 1.62. The van der Waals surface area contributed by atoms with Gasteiger partial charge < -0.3 is 5.32 Å². The predicted octanol–water partition coefficient (Wildman–Crippen LogP) is 0.129. The largest absolute Gasteiger partial charge is 0.344 e. The Labute approximate surface area is 91.8 Å². The first-order valence-electron chi connectivity index (χ1n) is 5.07. The number of aromatic nitrogens is 5. The zero-order chi connectivity index (χ0) is 10.8. The summed E-state index contributed by atoms with van der Waals surface area (Å²) in [5.41, 5.74) is 2.02. The molecule has 0 spiro atoms. The van der Waals surface area contributed by atoms with Gasteiger partial charge in [0, 0.05) is 12.4 Å². The lowest BCUT2D eigenvalue weighted by molar-refractivity contribution is 0.487. The average molecular weight is 217 g/mol. The molecule has 0 atom stereocenters. The summed E-state index contributed by atoms with van der Waals surface area (Å²) in [6, 6.07) is 0. The lowest BCUT2D eigenvalue weighted by atomic mass is 10.3.